The number of anilines is 1. The molecule has 20 heavy (non-hydrogen) atoms. The van der Waals surface area contributed by atoms with Gasteiger partial charge in [0.05, 0.1) is 20.6 Å². The molecule has 1 aromatic rings. The van der Waals surface area contributed by atoms with Crippen LogP contribution in [0, 0.1) is 0 Å². The maximum Gasteiger partial charge on any atom is 0.305 e. The van der Waals surface area contributed by atoms with Crippen molar-refractivity contribution in [3.05, 3.63) is 17.7 Å². The Bertz CT molecular complexity index is 499. The Labute approximate surface area is 117 Å². The van der Waals surface area contributed by atoms with E-state index in [1.807, 2.05) is 0 Å². The van der Waals surface area contributed by atoms with Crippen LogP contribution in [0.3, 0.4) is 0 Å². The number of aliphatic carboxylic acids is 1. The van der Waals surface area contributed by atoms with E-state index < -0.39 is 5.97 Å². The van der Waals surface area contributed by atoms with Gasteiger partial charge in [-0.1, -0.05) is 6.92 Å². The van der Waals surface area contributed by atoms with Crippen LogP contribution >= 0.6 is 0 Å². The van der Waals surface area contributed by atoms with Crippen molar-refractivity contribution >= 4 is 17.4 Å². The van der Waals surface area contributed by atoms with Crippen molar-refractivity contribution in [2.45, 2.75) is 19.8 Å². The van der Waals surface area contributed by atoms with Gasteiger partial charge >= 0.3 is 5.97 Å². The zero-order valence-electron chi connectivity index (χ0n) is 11.9. The molecule has 0 fully saturated rings. The zero-order chi connectivity index (χ0) is 15.1. The Balaban J connectivity index is 3.10. The number of carbonyl (C=O) groups is 2. The van der Waals surface area contributed by atoms with E-state index in [0.29, 0.717) is 29.2 Å². The number of carbonyl (C=O) groups excluding carboxylic acids is 1. The number of hydrogen-bond donors (Lipinski definition) is 2. The first-order valence-electron chi connectivity index (χ1n) is 6.28. The molecule has 0 aromatic heterocycles. The molecule has 0 saturated carbocycles. The topological polar surface area (TPSA) is 84.9 Å². The van der Waals surface area contributed by atoms with Crippen LogP contribution in [0.5, 0.6) is 11.5 Å². The van der Waals surface area contributed by atoms with Crippen LogP contribution in [-0.4, -0.2) is 37.6 Å². The van der Waals surface area contributed by atoms with E-state index in [0.717, 1.165) is 0 Å². The Morgan fingerprint density at radius 2 is 1.80 bits per heavy atom. The van der Waals surface area contributed by atoms with E-state index in [1.54, 1.807) is 19.1 Å². The highest BCUT2D eigenvalue weighted by Crippen LogP contribution is 2.33. The van der Waals surface area contributed by atoms with Crippen molar-refractivity contribution in [2.24, 2.45) is 0 Å². The molecule has 0 unspecified atom stereocenters. The van der Waals surface area contributed by atoms with Gasteiger partial charge in [-0.3, -0.25) is 9.59 Å². The molecule has 1 aromatic carbocycles. The van der Waals surface area contributed by atoms with Crippen LogP contribution in [0.15, 0.2) is 12.1 Å². The molecule has 6 nitrogen and oxygen atoms in total. The number of benzene rings is 1. The number of ether oxygens (including phenoxy) is 2. The molecule has 110 valence electrons. The van der Waals surface area contributed by atoms with E-state index in [-0.39, 0.29) is 18.7 Å². The summed E-state index contributed by atoms with van der Waals surface area (Å²) in [4.78, 5) is 22.5. The molecule has 6 heteroatoms. The standard InChI is InChI=1S/C14H19NO5/c1-4-11(16)9-7-12(19-2)13(20-3)8-10(9)15-6-5-14(17)18/h7-8,15H,4-6H2,1-3H3,(H,17,18). The van der Waals surface area contributed by atoms with Crippen LogP contribution < -0.4 is 14.8 Å². The summed E-state index contributed by atoms with van der Waals surface area (Å²) in [6.45, 7) is 1.99. The number of carboxylic acid groups (broad SMARTS) is 1. The van der Waals surface area contributed by atoms with Crippen molar-refractivity contribution < 1.29 is 24.2 Å². The first kappa shape index (κ1) is 15.8. The fourth-order valence-corrected chi connectivity index (χ4v) is 1.75. The Morgan fingerprint density at radius 3 is 2.30 bits per heavy atom. The van der Waals surface area contributed by atoms with Gasteiger partial charge in [0.2, 0.25) is 0 Å². The van der Waals surface area contributed by atoms with Gasteiger partial charge in [0.15, 0.2) is 17.3 Å². The van der Waals surface area contributed by atoms with Gasteiger partial charge in [0, 0.05) is 30.3 Å². The van der Waals surface area contributed by atoms with Crippen molar-refractivity contribution in [1.29, 1.82) is 0 Å². The normalized spacial score (nSPS) is 9.95. The highest BCUT2D eigenvalue weighted by molar-refractivity contribution is 6.02. The van der Waals surface area contributed by atoms with E-state index in [2.05, 4.69) is 5.32 Å². The number of rotatable bonds is 8. The van der Waals surface area contributed by atoms with Gasteiger partial charge in [-0.25, -0.2) is 0 Å². The summed E-state index contributed by atoms with van der Waals surface area (Å²) in [5.74, 6) is -0.00353. The van der Waals surface area contributed by atoms with Gasteiger partial charge in [0.25, 0.3) is 0 Å². The number of nitrogens with one attached hydrogen (secondary N) is 1. The quantitative estimate of drug-likeness (QED) is 0.710. The fraction of sp³-hybridized carbons (Fsp3) is 0.429. The lowest BCUT2D eigenvalue weighted by Gasteiger charge is -2.15. The molecule has 0 bridgehead atoms. The highest BCUT2D eigenvalue weighted by atomic mass is 16.5. The predicted octanol–water partition coefficient (Wildman–Crippen LogP) is 2.18. The summed E-state index contributed by atoms with van der Waals surface area (Å²) in [6, 6.07) is 3.25. The summed E-state index contributed by atoms with van der Waals surface area (Å²) < 4.78 is 10.4. The van der Waals surface area contributed by atoms with Gasteiger partial charge in [-0.05, 0) is 6.07 Å². The maximum absolute atomic E-state index is 11.9. The minimum atomic E-state index is -0.902. The fourth-order valence-electron chi connectivity index (χ4n) is 1.75. The average Bonchev–Trinajstić information content (AvgIpc) is 2.45. The van der Waals surface area contributed by atoms with E-state index in [4.69, 9.17) is 14.6 Å². The number of ketones is 1. The number of carboxylic acids is 1. The lowest BCUT2D eigenvalue weighted by Crippen LogP contribution is -2.11. The number of Topliss-reactive ketones (excluding diaryl/α,β-unsaturated/α-hetero) is 1. The number of hydrogen-bond acceptors (Lipinski definition) is 5. The molecule has 0 amide bonds. The van der Waals surface area contributed by atoms with Crippen LogP contribution in [-0.2, 0) is 4.79 Å². The molecule has 0 aliphatic heterocycles. The molecule has 2 N–H and O–H groups in total. The third-order valence-electron chi connectivity index (χ3n) is 2.80. The Kier molecular flexibility index (Phi) is 5.83. The molecule has 0 heterocycles. The monoisotopic (exact) mass is 281 g/mol. The summed E-state index contributed by atoms with van der Waals surface area (Å²) in [7, 11) is 3.00. The number of methoxy groups -OCH3 is 2. The van der Waals surface area contributed by atoms with Crippen LogP contribution in [0.4, 0.5) is 5.69 Å². The summed E-state index contributed by atoms with van der Waals surface area (Å²) in [5, 5.41) is 11.6. The molecule has 0 atom stereocenters. The van der Waals surface area contributed by atoms with E-state index >= 15 is 0 Å². The first-order valence-corrected chi connectivity index (χ1v) is 6.28. The molecule has 0 spiro atoms. The Morgan fingerprint density at radius 1 is 1.20 bits per heavy atom. The van der Waals surface area contributed by atoms with Crippen LogP contribution in [0.2, 0.25) is 0 Å². The van der Waals surface area contributed by atoms with Gasteiger partial charge in [-0.2, -0.15) is 0 Å². The van der Waals surface area contributed by atoms with Crippen LogP contribution in [0.25, 0.3) is 0 Å². The lowest BCUT2D eigenvalue weighted by molar-refractivity contribution is -0.136. The molecule has 1 rings (SSSR count). The average molecular weight is 281 g/mol. The highest BCUT2D eigenvalue weighted by Gasteiger charge is 2.15. The lowest BCUT2D eigenvalue weighted by atomic mass is 10.1. The largest absolute Gasteiger partial charge is 0.493 e. The van der Waals surface area contributed by atoms with E-state index in [1.165, 1.54) is 14.2 Å². The molecule has 0 radical (unpaired) electrons. The third-order valence-corrected chi connectivity index (χ3v) is 2.80. The van der Waals surface area contributed by atoms with Gasteiger partial charge in [-0.15, -0.1) is 0 Å². The first-order chi connectivity index (χ1) is 9.53. The van der Waals surface area contributed by atoms with Gasteiger partial charge < -0.3 is 19.9 Å². The second-order valence-electron chi connectivity index (χ2n) is 4.10. The minimum absolute atomic E-state index is 0.0336. The molecule has 0 aliphatic rings. The summed E-state index contributed by atoms with van der Waals surface area (Å²) in [6.07, 6.45) is 0.317. The van der Waals surface area contributed by atoms with Crippen molar-refractivity contribution in [1.82, 2.24) is 0 Å². The second kappa shape index (κ2) is 7.37. The minimum Gasteiger partial charge on any atom is -0.493 e. The summed E-state index contributed by atoms with van der Waals surface area (Å²) >= 11 is 0. The van der Waals surface area contributed by atoms with Crippen molar-refractivity contribution in [3.8, 4) is 11.5 Å². The SMILES string of the molecule is CCC(=O)c1cc(OC)c(OC)cc1NCCC(=O)O. The van der Waals surface area contributed by atoms with Crippen molar-refractivity contribution in [2.75, 3.05) is 26.1 Å². The van der Waals surface area contributed by atoms with Crippen molar-refractivity contribution in [3.63, 3.8) is 0 Å². The predicted molar refractivity (Wildman–Crippen MR) is 74.9 cm³/mol. The van der Waals surface area contributed by atoms with Crippen LogP contribution in [0.1, 0.15) is 30.1 Å². The molecular weight excluding hydrogens is 262 g/mol. The molecule has 0 aliphatic carbocycles. The zero-order valence-corrected chi connectivity index (χ0v) is 11.9. The third kappa shape index (κ3) is 3.88. The van der Waals surface area contributed by atoms with Gasteiger partial charge in [0.1, 0.15) is 0 Å². The Hall–Kier alpha value is -2.24. The maximum atomic E-state index is 11.9. The molecular formula is C14H19NO5. The summed E-state index contributed by atoms with van der Waals surface area (Å²) in [5.41, 5.74) is 1.02. The smallest absolute Gasteiger partial charge is 0.305 e. The van der Waals surface area contributed by atoms with E-state index in [9.17, 15) is 9.59 Å². The molecule has 0 saturated heterocycles. The second-order valence-corrected chi connectivity index (χ2v) is 4.10.